The van der Waals surface area contributed by atoms with Gasteiger partial charge in [-0.3, -0.25) is 4.68 Å². The van der Waals surface area contributed by atoms with Gasteiger partial charge in [-0.15, -0.1) is 0 Å². The van der Waals surface area contributed by atoms with Crippen LogP contribution in [0.15, 0.2) is 36.7 Å². The largest absolute Gasteiger partial charge is 0.497 e. The molecule has 20 heavy (non-hydrogen) atoms. The average Bonchev–Trinajstić information content (AvgIpc) is 2.82. The summed E-state index contributed by atoms with van der Waals surface area (Å²) in [6.07, 6.45) is -1.57. The van der Waals surface area contributed by atoms with E-state index in [4.69, 9.17) is 4.74 Å². The number of benzene rings is 1. The molecule has 0 amide bonds. The summed E-state index contributed by atoms with van der Waals surface area (Å²) in [6, 6.07) is 7.43. The van der Waals surface area contributed by atoms with Crippen molar-refractivity contribution in [3.05, 3.63) is 42.2 Å². The minimum atomic E-state index is -4.27. The Labute approximate surface area is 114 Å². The smallest absolute Gasteiger partial charge is 0.408 e. The summed E-state index contributed by atoms with van der Waals surface area (Å²) in [4.78, 5) is 0. The number of nitrogens with one attached hydrogen (secondary N) is 1. The van der Waals surface area contributed by atoms with Crippen LogP contribution in [-0.4, -0.2) is 23.1 Å². The van der Waals surface area contributed by atoms with Gasteiger partial charge in [0.1, 0.15) is 12.3 Å². The molecule has 0 saturated heterocycles. The zero-order chi connectivity index (χ0) is 14.6. The van der Waals surface area contributed by atoms with Crippen molar-refractivity contribution in [2.24, 2.45) is 0 Å². The van der Waals surface area contributed by atoms with E-state index in [1.807, 2.05) is 24.3 Å². The van der Waals surface area contributed by atoms with Crippen LogP contribution in [0.3, 0.4) is 0 Å². The molecule has 1 heterocycles. The van der Waals surface area contributed by atoms with Crippen LogP contribution in [0.2, 0.25) is 0 Å². The Balaban J connectivity index is 1.94. The summed E-state index contributed by atoms with van der Waals surface area (Å²) >= 11 is 0. The monoisotopic (exact) mass is 285 g/mol. The fourth-order valence-electron chi connectivity index (χ4n) is 1.71. The van der Waals surface area contributed by atoms with E-state index in [2.05, 4.69) is 10.4 Å². The highest BCUT2D eigenvalue weighted by Crippen LogP contribution is 2.18. The Morgan fingerprint density at radius 3 is 2.85 bits per heavy atom. The lowest BCUT2D eigenvalue weighted by Gasteiger charge is -2.06. The van der Waals surface area contributed by atoms with E-state index in [9.17, 15) is 13.2 Å². The van der Waals surface area contributed by atoms with E-state index in [0.717, 1.165) is 16.0 Å². The van der Waals surface area contributed by atoms with Gasteiger partial charge in [0.15, 0.2) is 0 Å². The molecule has 1 aromatic heterocycles. The predicted octanol–water partition coefficient (Wildman–Crippen LogP) is 3.07. The SMILES string of the molecule is COc1cccc(CNc2cnn(CC(F)(F)F)c2)c1. The number of alkyl halides is 3. The third kappa shape index (κ3) is 4.18. The second-order valence-electron chi connectivity index (χ2n) is 4.25. The zero-order valence-electron chi connectivity index (χ0n) is 10.8. The molecule has 2 aromatic rings. The van der Waals surface area contributed by atoms with Crippen LogP contribution in [0.25, 0.3) is 0 Å². The molecule has 7 heteroatoms. The molecular formula is C13H14F3N3O. The molecule has 0 aliphatic rings. The van der Waals surface area contributed by atoms with Crippen LogP contribution < -0.4 is 10.1 Å². The molecule has 0 fully saturated rings. The number of ether oxygens (including phenoxy) is 1. The standard InChI is InChI=1S/C13H14F3N3O/c1-20-12-4-2-3-10(5-12)6-17-11-7-18-19(8-11)9-13(14,15)16/h2-5,7-8,17H,6,9H2,1H3. The highest BCUT2D eigenvalue weighted by atomic mass is 19.4. The maximum atomic E-state index is 12.2. The van der Waals surface area contributed by atoms with Gasteiger partial charge in [-0.2, -0.15) is 18.3 Å². The molecule has 0 radical (unpaired) electrons. The van der Waals surface area contributed by atoms with E-state index < -0.39 is 12.7 Å². The first kappa shape index (κ1) is 14.2. The first-order valence-corrected chi connectivity index (χ1v) is 5.92. The van der Waals surface area contributed by atoms with Crippen LogP contribution in [0.5, 0.6) is 5.75 Å². The first-order chi connectivity index (χ1) is 9.46. The summed E-state index contributed by atoms with van der Waals surface area (Å²) in [5.41, 5.74) is 1.50. The van der Waals surface area contributed by atoms with Crippen molar-refractivity contribution in [3.8, 4) is 5.75 Å². The normalized spacial score (nSPS) is 11.4. The molecule has 0 spiro atoms. The van der Waals surface area contributed by atoms with Crippen molar-refractivity contribution >= 4 is 5.69 Å². The van der Waals surface area contributed by atoms with Crippen molar-refractivity contribution in [1.82, 2.24) is 9.78 Å². The minimum Gasteiger partial charge on any atom is -0.497 e. The fourth-order valence-corrected chi connectivity index (χ4v) is 1.71. The van der Waals surface area contributed by atoms with Gasteiger partial charge in [0.2, 0.25) is 0 Å². The molecular weight excluding hydrogens is 271 g/mol. The van der Waals surface area contributed by atoms with Crippen LogP contribution in [-0.2, 0) is 13.1 Å². The second kappa shape index (κ2) is 5.85. The van der Waals surface area contributed by atoms with Crippen molar-refractivity contribution in [3.63, 3.8) is 0 Å². The van der Waals surface area contributed by atoms with Gasteiger partial charge in [-0.25, -0.2) is 0 Å². The second-order valence-corrected chi connectivity index (χ2v) is 4.25. The number of hydrogen-bond donors (Lipinski definition) is 1. The average molecular weight is 285 g/mol. The highest BCUT2D eigenvalue weighted by molar-refractivity contribution is 5.40. The molecule has 108 valence electrons. The molecule has 0 bridgehead atoms. The number of methoxy groups -OCH3 is 1. The number of halogens is 3. The van der Waals surface area contributed by atoms with Crippen LogP contribution >= 0.6 is 0 Å². The lowest BCUT2D eigenvalue weighted by Crippen LogP contribution is -2.17. The number of hydrogen-bond acceptors (Lipinski definition) is 3. The van der Waals surface area contributed by atoms with Crippen LogP contribution in [0.4, 0.5) is 18.9 Å². The lowest BCUT2D eigenvalue weighted by atomic mass is 10.2. The zero-order valence-corrected chi connectivity index (χ0v) is 10.8. The Kier molecular flexibility index (Phi) is 4.16. The van der Waals surface area contributed by atoms with E-state index in [-0.39, 0.29) is 0 Å². The van der Waals surface area contributed by atoms with E-state index in [1.54, 1.807) is 7.11 Å². The summed E-state index contributed by atoms with van der Waals surface area (Å²) in [6.45, 7) is -0.608. The van der Waals surface area contributed by atoms with Gasteiger partial charge in [0.25, 0.3) is 0 Å². The Hall–Kier alpha value is -2.18. The molecule has 0 unspecified atom stereocenters. The molecule has 2 rings (SSSR count). The van der Waals surface area contributed by atoms with Crippen molar-refractivity contribution < 1.29 is 17.9 Å². The summed E-state index contributed by atoms with van der Waals surface area (Å²) in [7, 11) is 1.58. The van der Waals surface area contributed by atoms with Crippen molar-refractivity contribution in [2.75, 3.05) is 12.4 Å². The number of nitrogens with zero attached hydrogens (tertiary/aromatic N) is 2. The van der Waals surface area contributed by atoms with Crippen molar-refractivity contribution in [1.29, 1.82) is 0 Å². The van der Waals surface area contributed by atoms with Gasteiger partial charge >= 0.3 is 6.18 Å². The summed E-state index contributed by atoms with van der Waals surface area (Å²) in [5.74, 6) is 0.733. The van der Waals surface area contributed by atoms with Gasteiger partial charge in [0.05, 0.1) is 19.0 Å². The third-order valence-electron chi connectivity index (χ3n) is 2.61. The van der Waals surface area contributed by atoms with Crippen LogP contribution in [0, 0.1) is 0 Å². The Morgan fingerprint density at radius 2 is 2.15 bits per heavy atom. The number of aromatic nitrogens is 2. The van der Waals surface area contributed by atoms with E-state index in [0.29, 0.717) is 12.2 Å². The molecule has 0 aliphatic carbocycles. The quantitative estimate of drug-likeness (QED) is 0.917. The van der Waals surface area contributed by atoms with Gasteiger partial charge in [-0.1, -0.05) is 12.1 Å². The fraction of sp³-hybridized carbons (Fsp3) is 0.308. The van der Waals surface area contributed by atoms with Crippen molar-refractivity contribution in [2.45, 2.75) is 19.3 Å². The molecule has 0 saturated carbocycles. The maximum absolute atomic E-state index is 12.2. The molecule has 4 nitrogen and oxygen atoms in total. The maximum Gasteiger partial charge on any atom is 0.408 e. The lowest BCUT2D eigenvalue weighted by molar-refractivity contribution is -0.142. The molecule has 0 aliphatic heterocycles. The van der Waals surface area contributed by atoms with Gasteiger partial charge in [-0.05, 0) is 17.7 Å². The topological polar surface area (TPSA) is 39.1 Å². The number of anilines is 1. The van der Waals surface area contributed by atoms with Crippen LogP contribution in [0.1, 0.15) is 5.56 Å². The molecule has 0 atom stereocenters. The van der Waals surface area contributed by atoms with E-state index >= 15 is 0 Å². The molecule has 1 N–H and O–H groups in total. The number of rotatable bonds is 5. The predicted molar refractivity (Wildman–Crippen MR) is 68.6 cm³/mol. The first-order valence-electron chi connectivity index (χ1n) is 5.92. The Bertz CT molecular complexity index is 566. The van der Waals surface area contributed by atoms with Gasteiger partial charge in [0, 0.05) is 12.7 Å². The molecule has 1 aromatic carbocycles. The summed E-state index contributed by atoms with van der Waals surface area (Å²) < 4.78 is 42.5. The third-order valence-corrected chi connectivity index (χ3v) is 2.61. The minimum absolute atomic E-state index is 0.481. The Morgan fingerprint density at radius 1 is 1.35 bits per heavy atom. The highest BCUT2D eigenvalue weighted by Gasteiger charge is 2.28. The van der Waals surface area contributed by atoms with Gasteiger partial charge < -0.3 is 10.1 Å². The summed E-state index contributed by atoms with van der Waals surface area (Å²) in [5, 5.41) is 6.67. The van der Waals surface area contributed by atoms with E-state index in [1.165, 1.54) is 12.4 Å².